The first-order valence-electron chi connectivity index (χ1n) is 6.83. The summed E-state index contributed by atoms with van der Waals surface area (Å²) in [5.41, 5.74) is 1.93. The summed E-state index contributed by atoms with van der Waals surface area (Å²) in [6, 6.07) is 9.52. The second-order valence-electron chi connectivity index (χ2n) is 4.85. The van der Waals surface area contributed by atoms with Gasteiger partial charge in [0.1, 0.15) is 0 Å². The predicted octanol–water partition coefficient (Wildman–Crippen LogP) is 2.04. The van der Waals surface area contributed by atoms with Crippen molar-refractivity contribution in [2.75, 3.05) is 14.2 Å². The molecule has 6 heteroatoms. The molecule has 1 aromatic rings. The standard InChI is InChI=1S/C16H18N2O4/c1-11-9-13(12-7-5-4-6-8-12)18(17-11)14(16(20)22-3)10-15(19)21-2/h4-8,10,13H,9H2,1-3H3/t13-/m0/s1. The van der Waals surface area contributed by atoms with Crippen LogP contribution in [0.1, 0.15) is 24.9 Å². The number of benzene rings is 1. The first-order chi connectivity index (χ1) is 10.6. The molecule has 0 saturated carbocycles. The van der Waals surface area contributed by atoms with Crippen LogP contribution in [0.2, 0.25) is 0 Å². The lowest BCUT2D eigenvalue weighted by atomic mass is 10.0. The van der Waals surface area contributed by atoms with Gasteiger partial charge in [0.05, 0.1) is 26.3 Å². The molecule has 0 N–H and O–H groups in total. The molecule has 0 saturated heterocycles. The van der Waals surface area contributed by atoms with E-state index < -0.39 is 11.9 Å². The smallest absolute Gasteiger partial charge is 0.356 e. The van der Waals surface area contributed by atoms with Crippen LogP contribution in [0, 0.1) is 0 Å². The lowest BCUT2D eigenvalue weighted by Crippen LogP contribution is -2.26. The molecule has 1 aromatic carbocycles. The van der Waals surface area contributed by atoms with E-state index in [4.69, 9.17) is 4.74 Å². The summed E-state index contributed by atoms with van der Waals surface area (Å²) in [6.07, 6.45) is 1.77. The van der Waals surface area contributed by atoms with Gasteiger partial charge in [-0.15, -0.1) is 0 Å². The molecule has 0 aromatic heterocycles. The molecule has 1 atom stereocenters. The summed E-state index contributed by atoms with van der Waals surface area (Å²) in [4.78, 5) is 23.6. The van der Waals surface area contributed by atoms with Crippen molar-refractivity contribution in [3.63, 3.8) is 0 Å². The molecule has 22 heavy (non-hydrogen) atoms. The van der Waals surface area contributed by atoms with E-state index in [1.54, 1.807) is 0 Å². The van der Waals surface area contributed by atoms with Gasteiger partial charge in [0.2, 0.25) is 0 Å². The lowest BCUT2D eigenvalue weighted by molar-refractivity contribution is -0.140. The van der Waals surface area contributed by atoms with Crippen LogP contribution in [0.4, 0.5) is 0 Å². The van der Waals surface area contributed by atoms with Crippen molar-refractivity contribution in [1.82, 2.24) is 5.01 Å². The molecule has 0 spiro atoms. The Hall–Kier alpha value is -2.63. The minimum absolute atomic E-state index is 0.0556. The first kappa shape index (κ1) is 15.8. The third-order valence-corrected chi connectivity index (χ3v) is 3.34. The van der Waals surface area contributed by atoms with Gasteiger partial charge in [-0.1, -0.05) is 30.3 Å². The molecule has 1 heterocycles. The highest BCUT2D eigenvalue weighted by molar-refractivity contribution is 5.96. The number of rotatable bonds is 4. The second kappa shape index (κ2) is 6.89. The molecular formula is C16H18N2O4. The summed E-state index contributed by atoms with van der Waals surface area (Å²) in [7, 11) is 2.51. The molecule has 0 aliphatic carbocycles. The fraction of sp³-hybridized carbons (Fsp3) is 0.312. The van der Waals surface area contributed by atoms with E-state index in [2.05, 4.69) is 9.84 Å². The summed E-state index contributed by atoms with van der Waals surface area (Å²) in [6.45, 7) is 1.88. The van der Waals surface area contributed by atoms with Crippen LogP contribution in [0.25, 0.3) is 0 Å². The Bertz CT molecular complexity index is 622. The molecule has 2 rings (SSSR count). The van der Waals surface area contributed by atoms with Gasteiger partial charge in [0.15, 0.2) is 5.70 Å². The van der Waals surface area contributed by atoms with Gasteiger partial charge in [-0.3, -0.25) is 5.01 Å². The maximum atomic E-state index is 12.0. The monoisotopic (exact) mass is 302 g/mol. The number of nitrogens with zero attached hydrogens (tertiary/aromatic N) is 2. The van der Waals surface area contributed by atoms with Gasteiger partial charge >= 0.3 is 11.9 Å². The topological polar surface area (TPSA) is 68.2 Å². The zero-order valence-corrected chi connectivity index (χ0v) is 12.8. The zero-order chi connectivity index (χ0) is 16.1. The zero-order valence-electron chi connectivity index (χ0n) is 12.8. The second-order valence-corrected chi connectivity index (χ2v) is 4.85. The largest absolute Gasteiger partial charge is 0.466 e. The Morgan fingerprint density at radius 2 is 1.91 bits per heavy atom. The van der Waals surface area contributed by atoms with Crippen molar-refractivity contribution in [3.8, 4) is 0 Å². The van der Waals surface area contributed by atoms with Crippen molar-refractivity contribution in [2.24, 2.45) is 5.10 Å². The Morgan fingerprint density at radius 3 is 2.50 bits per heavy atom. The third-order valence-electron chi connectivity index (χ3n) is 3.34. The minimum atomic E-state index is -0.634. The number of carbonyl (C=O) groups is 2. The average molecular weight is 302 g/mol. The minimum Gasteiger partial charge on any atom is -0.466 e. The quantitative estimate of drug-likeness (QED) is 0.629. The summed E-state index contributed by atoms with van der Waals surface area (Å²) in [5, 5.41) is 5.90. The number of hydrogen-bond acceptors (Lipinski definition) is 6. The van der Waals surface area contributed by atoms with E-state index in [-0.39, 0.29) is 11.7 Å². The van der Waals surface area contributed by atoms with Gasteiger partial charge in [-0.05, 0) is 12.5 Å². The normalized spacial score (nSPS) is 18.0. The van der Waals surface area contributed by atoms with Crippen molar-refractivity contribution >= 4 is 17.7 Å². The third kappa shape index (κ3) is 3.33. The Morgan fingerprint density at radius 1 is 1.23 bits per heavy atom. The fourth-order valence-corrected chi connectivity index (χ4v) is 2.31. The van der Waals surface area contributed by atoms with Crippen LogP contribution in [-0.2, 0) is 19.1 Å². The molecule has 1 aliphatic rings. The maximum Gasteiger partial charge on any atom is 0.356 e. The summed E-state index contributed by atoms with van der Waals surface area (Å²) in [5.74, 6) is -1.27. The van der Waals surface area contributed by atoms with Gasteiger partial charge < -0.3 is 9.47 Å². The van der Waals surface area contributed by atoms with E-state index in [0.717, 1.165) is 17.4 Å². The van der Waals surface area contributed by atoms with Crippen molar-refractivity contribution in [2.45, 2.75) is 19.4 Å². The molecule has 116 valence electrons. The predicted molar refractivity (Wildman–Crippen MR) is 80.9 cm³/mol. The lowest BCUT2D eigenvalue weighted by Gasteiger charge is -2.24. The van der Waals surface area contributed by atoms with Crippen LogP contribution in [0.15, 0.2) is 47.2 Å². The van der Waals surface area contributed by atoms with Gasteiger partial charge in [0.25, 0.3) is 0 Å². The van der Waals surface area contributed by atoms with E-state index in [1.807, 2.05) is 37.3 Å². The van der Waals surface area contributed by atoms with Crippen LogP contribution >= 0.6 is 0 Å². The SMILES string of the molecule is COC(=O)C=C(C(=O)OC)N1N=C(C)C[C@H]1c1ccccc1. The number of hydrogen-bond donors (Lipinski definition) is 0. The molecule has 0 fully saturated rings. The van der Waals surface area contributed by atoms with Crippen LogP contribution in [-0.4, -0.2) is 36.9 Å². The van der Waals surface area contributed by atoms with Crippen LogP contribution in [0.5, 0.6) is 0 Å². The number of ether oxygens (including phenoxy) is 2. The van der Waals surface area contributed by atoms with Crippen molar-refractivity contribution in [3.05, 3.63) is 47.7 Å². The van der Waals surface area contributed by atoms with E-state index >= 15 is 0 Å². The summed E-state index contributed by atoms with van der Waals surface area (Å²) >= 11 is 0. The fourth-order valence-electron chi connectivity index (χ4n) is 2.31. The van der Waals surface area contributed by atoms with E-state index in [1.165, 1.54) is 19.2 Å². The van der Waals surface area contributed by atoms with Gasteiger partial charge in [0, 0.05) is 12.1 Å². The highest BCUT2D eigenvalue weighted by Gasteiger charge is 2.32. The van der Waals surface area contributed by atoms with Gasteiger partial charge in [-0.25, -0.2) is 9.59 Å². The number of hydrazone groups is 1. The Balaban J connectivity index is 2.41. The summed E-state index contributed by atoms with van der Waals surface area (Å²) < 4.78 is 9.37. The number of carbonyl (C=O) groups excluding carboxylic acids is 2. The first-order valence-corrected chi connectivity index (χ1v) is 6.83. The van der Waals surface area contributed by atoms with Gasteiger partial charge in [-0.2, -0.15) is 5.10 Å². The highest BCUT2D eigenvalue weighted by Crippen LogP contribution is 2.34. The molecule has 0 unspecified atom stereocenters. The number of esters is 2. The molecule has 6 nitrogen and oxygen atoms in total. The molecule has 1 aliphatic heterocycles. The molecule has 0 amide bonds. The number of methoxy groups -OCH3 is 2. The van der Waals surface area contributed by atoms with E-state index in [9.17, 15) is 9.59 Å². The highest BCUT2D eigenvalue weighted by atomic mass is 16.5. The van der Waals surface area contributed by atoms with E-state index in [0.29, 0.717) is 6.42 Å². The maximum absolute atomic E-state index is 12.0. The molecular weight excluding hydrogens is 284 g/mol. The Kier molecular flexibility index (Phi) is 4.93. The van der Waals surface area contributed by atoms with Crippen LogP contribution in [0.3, 0.4) is 0 Å². The Labute approximate surface area is 129 Å². The average Bonchev–Trinajstić information content (AvgIpc) is 2.94. The van der Waals surface area contributed by atoms with Crippen molar-refractivity contribution < 1.29 is 19.1 Å². The molecule has 0 bridgehead atoms. The van der Waals surface area contributed by atoms with Crippen LogP contribution < -0.4 is 0 Å². The molecule has 0 radical (unpaired) electrons. The van der Waals surface area contributed by atoms with Crippen molar-refractivity contribution in [1.29, 1.82) is 0 Å².